The highest BCUT2D eigenvalue weighted by Crippen LogP contribution is 2.36. The maximum atomic E-state index is 6.10. The van der Waals surface area contributed by atoms with Crippen LogP contribution in [0.5, 0.6) is 11.5 Å². The molecule has 0 atom stereocenters. The number of ether oxygens (including phenoxy) is 2. The van der Waals surface area contributed by atoms with Crippen LogP contribution in [0.2, 0.25) is 0 Å². The molecule has 2 aromatic rings. The highest BCUT2D eigenvalue weighted by atomic mass is 79.9. The summed E-state index contributed by atoms with van der Waals surface area (Å²) in [4.78, 5) is 0. The van der Waals surface area contributed by atoms with Gasteiger partial charge in [-0.2, -0.15) is 0 Å². The van der Waals surface area contributed by atoms with Crippen LogP contribution in [0.15, 0.2) is 46.9 Å². The first kappa shape index (κ1) is 18.8. The lowest BCUT2D eigenvalue weighted by Crippen LogP contribution is -2.20. The molecule has 0 unspecified atom stereocenters. The Morgan fingerprint density at radius 1 is 1.04 bits per heavy atom. The van der Waals surface area contributed by atoms with Crippen LogP contribution in [0.1, 0.15) is 17.5 Å². The fraction of sp³-hybridized carbons (Fsp3) is 0.368. The molecule has 130 valence electrons. The summed E-state index contributed by atoms with van der Waals surface area (Å²) < 4.78 is 12.6. The van der Waals surface area contributed by atoms with Gasteiger partial charge in [0.2, 0.25) is 0 Å². The van der Waals surface area contributed by atoms with Gasteiger partial charge in [-0.3, -0.25) is 0 Å². The molecular formula is C19H25BrN2O2. The minimum atomic E-state index is 0.514. The van der Waals surface area contributed by atoms with Crippen molar-refractivity contribution in [2.45, 2.75) is 19.6 Å². The molecular weight excluding hydrogens is 368 g/mol. The standard InChI is InChI=1S/C19H25BrN2O2/c1-21-11-6-12-22-13-16-17(20)9-10-18(23-2)19(16)24-14-15-7-4-3-5-8-15/h3-5,7-10,21-22H,6,11-14H2,1-2H3. The molecule has 2 rings (SSSR count). The minimum absolute atomic E-state index is 0.514. The predicted molar refractivity (Wildman–Crippen MR) is 102 cm³/mol. The Morgan fingerprint density at radius 2 is 1.83 bits per heavy atom. The Hall–Kier alpha value is -1.56. The summed E-state index contributed by atoms with van der Waals surface area (Å²) in [6.45, 7) is 3.19. The highest BCUT2D eigenvalue weighted by molar-refractivity contribution is 9.10. The van der Waals surface area contributed by atoms with Crippen LogP contribution >= 0.6 is 15.9 Å². The van der Waals surface area contributed by atoms with Crippen LogP contribution in [0.25, 0.3) is 0 Å². The van der Waals surface area contributed by atoms with E-state index in [4.69, 9.17) is 9.47 Å². The third-order valence-corrected chi connectivity index (χ3v) is 4.44. The molecule has 0 spiro atoms. The van der Waals surface area contributed by atoms with Gasteiger partial charge in [-0.05, 0) is 44.3 Å². The second-order valence-corrected chi connectivity index (χ2v) is 6.32. The molecule has 0 saturated heterocycles. The van der Waals surface area contributed by atoms with Crippen LogP contribution in [0.3, 0.4) is 0 Å². The molecule has 0 amide bonds. The van der Waals surface area contributed by atoms with Crippen molar-refractivity contribution in [3.05, 3.63) is 58.1 Å². The molecule has 5 heteroatoms. The normalized spacial score (nSPS) is 10.6. The molecule has 2 N–H and O–H groups in total. The number of benzene rings is 2. The van der Waals surface area contributed by atoms with Gasteiger partial charge in [-0.15, -0.1) is 0 Å². The summed E-state index contributed by atoms with van der Waals surface area (Å²) in [5.74, 6) is 1.54. The van der Waals surface area contributed by atoms with Gasteiger partial charge in [-0.1, -0.05) is 46.3 Å². The lowest BCUT2D eigenvalue weighted by atomic mass is 10.1. The van der Waals surface area contributed by atoms with Gasteiger partial charge in [0.15, 0.2) is 11.5 Å². The molecule has 0 aliphatic heterocycles. The largest absolute Gasteiger partial charge is 0.493 e. The lowest BCUT2D eigenvalue weighted by Gasteiger charge is -2.17. The van der Waals surface area contributed by atoms with E-state index >= 15 is 0 Å². The predicted octanol–water partition coefficient (Wildman–Crippen LogP) is 3.74. The van der Waals surface area contributed by atoms with Crippen molar-refractivity contribution >= 4 is 15.9 Å². The molecule has 24 heavy (non-hydrogen) atoms. The Labute approximate surface area is 152 Å². The summed E-state index contributed by atoms with van der Waals surface area (Å²) in [6.07, 6.45) is 1.08. The van der Waals surface area contributed by atoms with E-state index in [1.165, 1.54) is 0 Å². The summed E-state index contributed by atoms with van der Waals surface area (Å²) in [5.41, 5.74) is 2.21. The third-order valence-electron chi connectivity index (χ3n) is 3.70. The van der Waals surface area contributed by atoms with E-state index in [9.17, 15) is 0 Å². The Balaban J connectivity index is 2.09. The number of hydrogen-bond acceptors (Lipinski definition) is 4. The molecule has 0 aliphatic rings. The summed E-state index contributed by atoms with van der Waals surface area (Å²) in [6, 6.07) is 14.1. The Bertz CT molecular complexity index is 620. The first-order chi connectivity index (χ1) is 11.8. The maximum Gasteiger partial charge on any atom is 0.167 e. The zero-order valence-electron chi connectivity index (χ0n) is 14.3. The van der Waals surface area contributed by atoms with Crippen molar-refractivity contribution in [2.75, 3.05) is 27.2 Å². The van der Waals surface area contributed by atoms with E-state index in [2.05, 4.69) is 38.7 Å². The molecule has 2 aromatic carbocycles. The molecule has 0 saturated carbocycles. The topological polar surface area (TPSA) is 42.5 Å². The lowest BCUT2D eigenvalue weighted by molar-refractivity contribution is 0.280. The highest BCUT2D eigenvalue weighted by Gasteiger charge is 2.14. The van der Waals surface area contributed by atoms with Crippen molar-refractivity contribution < 1.29 is 9.47 Å². The first-order valence-corrected chi connectivity index (χ1v) is 8.93. The van der Waals surface area contributed by atoms with Crippen LogP contribution in [-0.2, 0) is 13.2 Å². The van der Waals surface area contributed by atoms with Gasteiger partial charge < -0.3 is 20.1 Å². The van der Waals surface area contributed by atoms with Gasteiger partial charge in [0.1, 0.15) is 6.61 Å². The van der Waals surface area contributed by atoms with E-state index in [0.717, 1.165) is 53.2 Å². The van der Waals surface area contributed by atoms with Gasteiger partial charge in [0.25, 0.3) is 0 Å². The Morgan fingerprint density at radius 3 is 2.54 bits per heavy atom. The van der Waals surface area contributed by atoms with E-state index in [1.807, 2.05) is 37.4 Å². The first-order valence-electron chi connectivity index (χ1n) is 8.13. The molecule has 0 aliphatic carbocycles. The summed E-state index contributed by atoms with van der Waals surface area (Å²) >= 11 is 3.63. The van der Waals surface area contributed by atoms with Gasteiger partial charge in [-0.25, -0.2) is 0 Å². The quantitative estimate of drug-likeness (QED) is 0.604. The third kappa shape index (κ3) is 5.51. The van der Waals surface area contributed by atoms with E-state index in [1.54, 1.807) is 7.11 Å². The number of rotatable bonds is 10. The molecule has 0 bridgehead atoms. The smallest absolute Gasteiger partial charge is 0.167 e. The second-order valence-electron chi connectivity index (χ2n) is 5.47. The van der Waals surface area contributed by atoms with Crippen molar-refractivity contribution in [1.82, 2.24) is 10.6 Å². The average molecular weight is 393 g/mol. The number of halogens is 1. The van der Waals surface area contributed by atoms with Crippen LogP contribution < -0.4 is 20.1 Å². The van der Waals surface area contributed by atoms with Crippen LogP contribution in [0, 0.1) is 0 Å². The maximum absolute atomic E-state index is 6.10. The van der Waals surface area contributed by atoms with Crippen LogP contribution in [-0.4, -0.2) is 27.2 Å². The average Bonchev–Trinajstić information content (AvgIpc) is 2.62. The fourth-order valence-corrected chi connectivity index (χ4v) is 2.85. The van der Waals surface area contributed by atoms with Crippen molar-refractivity contribution in [3.63, 3.8) is 0 Å². The molecule has 0 aromatic heterocycles. The zero-order chi connectivity index (χ0) is 17.2. The van der Waals surface area contributed by atoms with Gasteiger partial charge >= 0.3 is 0 Å². The zero-order valence-corrected chi connectivity index (χ0v) is 15.9. The van der Waals surface area contributed by atoms with Crippen molar-refractivity contribution in [3.8, 4) is 11.5 Å². The number of nitrogens with one attached hydrogen (secondary N) is 2. The van der Waals surface area contributed by atoms with Gasteiger partial charge in [0, 0.05) is 16.6 Å². The molecule has 0 radical (unpaired) electrons. The Kier molecular flexibility index (Phi) is 8.08. The van der Waals surface area contributed by atoms with Crippen LogP contribution in [0.4, 0.5) is 0 Å². The minimum Gasteiger partial charge on any atom is -0.493 e. The number of hydrogen-bond donors (Lipinski definition) is 2. The van der Waals surface area contributed by atoms with E-state index in [-0.39, 0.29) is 0 Å². The fourth-order valence-electron chi connectivity index (χ4n) is 2.40. The summed E-state index contributed by atoms with van der Waals surface area (Å²) in [7, 11) is 3.64. The van der Waals surface area contributed by atoms with Gasteiger partial charge in [0.05, 0.1) is 7.11 Å². The molecule has 0 heterocycles. The van der Waals surface area contributed by atoms with E-state index in [0.29, 0.717) is 6.61 Å². The van der Waals surface area contributed by atoms with E-state index < -0.39 is 0 Å². The monoisotopic (exact) mass is 392 g/mol. The summed E-state index contributed by atoms with van der Waals surface area (Å²) in [5, 5.41) is 6.61. The second kappa shape index (κ2) is 10.3. The molecule has 0 fully saturated rings. The van der Waals surface area contributed by atoms with Crippen molar-refractivity contribution in [2.24, 2.45) is 0 Å². The molecule has 4 nitrogen and oxygen atoms in total. The number of methoxy groups -OCH3 is 1. The van der Waals surface area contributed by atoms with Crippen molar-refractivity contribution in [1.29, 1.82) is 0 Å². The SMILES string of the molecule is CNCCCNCc1c(Br)ccc(OC)c1OCc1ccccc1.